The number of non-ortho nitro benzene ring substituents is 1. The molecule has 0 radical (unpaired) electrons. The largest absolute Gasteiger partial charge is 0.459 e. The molecule has 1 aliphatic rings. The van der Waals surface area contributed by atoms with Crippen LogP contribution in [0.25, 0.3) is 11.3 Å². The minimum atomic E-state index is -0.416. The predicted molar refractivity (Wildman–Crippen MR) is 113 cm³/mol. The molecular formula is C21H20N4O3S. The highest BCUT2D eigenvalue weighted by Crippen LogP contribution is 2.41. The van der Waals surface area contributed by atoms with E-state index in [0.29, 0.717) is 10.9 Å². The van der Waals surface area contributed by atoms with Crippen molar-refractivity contribution in [3.63, 3.8) is 0 Å². The SMILES string of the molecule is CC(C)N1C(=S)N[C@H](c2ccccn2)[C@@H]1c1ccc(-c2ccc([N+](=O)[O-])cc2)o1. The molecule has 148 valence electrons. The fourth-order valence-electron chi connectivity index (χ4n) is 3.64. The second-order valence-electron chi connectivity index (χ2n) is 7.13. The van der Waals surface area contributed by atoms with E-state index in [4.69, 9.17) is 16.6 Å². The summed E-state index contributed by atoms with van der Waals surface area (Å²) >= 11 is 5.59. The van der Waals surface area contributed by atoms with E-state index >= 15 is 0 Å². The summed E-state index contributed by atoms with van der Waals surface area (Å²) in [7, 11) is 0. The van der Waals surface area contributed by atoms with Gasteiger partial charge < -0.3 is 14.6 Å². The number of hydrogen-bond donors (Lipinski definition) is 1. The molecule has 0 bridgehead atoms. The van der Waals surface area contributed by atoms with E-state index in [0.717, 1.165) is 17.0 Å². The molecule has 3 aromatic rings. The maximum atomic E-state index is 10.9. The Labute approximate surface area is 173 Å². The normalized spacial score (nSPS) is 18.9. The Morgan fingerprint density at radius 2 is 1.93 bits per heavy atom. The number of aromatic nitrogens is 1. The predicted octanol–water partition coefficient (Wildman–Crippen LogP) is 4.63. The molecule has 0 aliphatic carbocycles. The standard InChI is InChI=1S/C21H20N4O3S/c1-13(2)24-20(19(23-21(24)29)16-5-3-4-12-22-16)18-11-10-17(28-18)14-6-8-15(9-7-14)25(26)27/h3-13,19-20H,1-2H3,(H,23,29)/t19-,20+/m1/s1. The van der Waals surface area contributed by atoms with Gasteiger partial charge in [-0.25, -0.2) is 0 Å². The van der Waals surface area contributed by atoms with Crippen molar-refractivity contribution in [2.45, 2.75) is 32.0 Å². The summed E-state index contributed by atoms with van der Waals surface area (Å²) in [4.78, 5) is 17.1. The summed E-state index contributed by atoms with van der Waals surface area (Å²) in [5.41, 5.74) is 1.71. The number of nitrogens with one attached hydrogen (secondary N) is 1. The van der Waals surface area contributed by atoms with Crippen molar-refractivity contribution in [1.82, 2.24) is 15.2 Å². The van der Waals surface area contributed by atoms with E-state index in [-0.39, 0.29) is 23.8 Å². The topological polar surface area (TPSA) is 84.4 Å². The van der Waals surface area contributed by atoms with Crippen LogP contribution in [0.2, 0.25) is 0 Å². The smallest absolute Gasteiger partial charge is 0.269 e. The van der Waals surface area contributed by atoms with Gasteiger partial charge in [-0.2, -0.15) is 0 Å². The summed E-state index contributed by atoms with van der Waals surface area (Å²) in [5, 5.41) is 14.9. The summed E-state index contributed by atoms with van der Waals surface area (Å²) in [6, 6.07) is 15.8. The fraction of sp³-hybridized carbons (Fsp3) is 0.238. The van der Waals surface area contributed by atoms with E-state index in [2.05, 4.69) is 29.0 Å². The molecule has 29 heavy (non-hydrogen) atoms. The highest BCUT2D eigenvalue weighted by atomic mass is 32.1. The number of nitro benzene ring substituents is 1. The maximum Gasteiger partial charge on any atom is 0.269 e. The van der Waals surface area contributed by atoms with Crippen LogP contribution in [-0.2, 0) is 0 Å². The van der Waals surface area contributed by atoms with E-state index in [9.17, 15) is 10.1 Å². The Balaban J connectivity index is 1.70. The van der Waals surface area contributed by atoms with Crippen molar-refractivity contribution in [2.24, 2.45) is 0 Å². The lowest BCUT2D eigenvalue weighted by molar-refractivity contribution is -0.384. The molecule has 1 fully saturated rings. The number of furan rings is 1. The van der Waals surface area contributed by atoms with Crippen molar-refractivity contribution in [1.29, 1.82) is 0 Å². The van der Waals surface area contributed by atoms with Gasteiger partial charge in [0.05, 0.1) is 16.7 Å². The molecule has 0 unspecified atom stereocenters. The van der Waals surface area contributed by atoms with Crippen molar-refractivity contribution in [3.05, 3.63) is 82.4 Å². The van der Waals surface area contributed by atoms with Gasteiger partial charge in [-0.05, 0) is 62.5 Å². The van der Waals surface area contributed by atoms with Gasteiger partial charge in [0.1, 0.15) is 17.6 Å². The second-order valence-corrected chi connectivity index (χ2v) is 7.52. The van der Waals surface area contributed by atoms with Gasteiger partial charge in [0.15, 0.2) is 5.11 Å². The first-order valence-corrected chi connectivity index (χ1v) is 9.71. The monoisotopic (exact) mass is 408 g/mol. The zero-order valence-corrected chi connectivity index (χ0v) is 16.8. The lowest BCUT2D eigenvalue weighted by Gasteiger charge is -2.29. The molecule has 4 rings (SSSR count). The molecule has 1 saturated heterocycles. The van der Waals surface area contributed by atoms with Crippen molar-refractivity contribution in [3.8, 4) is 11.3 Å². The number of rotatable bonds is 5. The Bertz CT molecular complexity index is 1030. The second kappa shape index (κ2) is 7.63. The molecule has 8 heteroatoms. The van der Waals surface area contributed by atoms with Gasteiger partial charge in [0.2, 0.25) is 0 Å². The zero-order valence-electron chi connectivity index (χ0n) is 16.0. The summed E-state index contributed by atoms with van der Waals surface area (Å²) in [5.74, 6) is 1.41. The van der Waals surface area contributed by atoms with Gasteiger partial charge in [-0.3, -0.25) is 15.1 Å². The van der Waals surface area contributed by atoms with Crippen molar-refractivity contribution in [2.75, 3.05) is 0 Å². The number of nitrogens with zero attached hydrogens (tertiary/aromatic N) is 3. The Morgan fingerprint density at radius 3 is 2.55 bits per heavy atom. The number of hydrogen-bond acceptors (Lipinski definition) is 5. The van der Waals surface area contributed by atoms with Gasteiger partial charge in [0, 0.05) is 29.9 Å². The van der Waals surface area contributed by atoms with E-state index in [1.165, 1.54) is 12.1 Å². The zero-order chi connectivity index (χ0) is 20.5. The van der Waals surface area contributed by atoms with Crippen LogP contribution in [-0.4, -0.2) is 26.0 Å². The van der Waals surface area contributed by atoms with Crippen LogP contribution in [0.1, 0.15) is 37.4 Å². The third-order valence-corrected chi connectivity index (χ3v) is 5.30. The van der Waals surface area contributed by atoms with E-state index in [1.807, 2.05) is 30.3 Å². The van der Waals surface area contributed by atoms with E-state index in [1.54, 1.807) is 18.3 Å². The molecule has 3 heterocycles. The number of pyridine rings is 1. The highest BCUT2D eigenvalue weighted by Gasteiger charge is 2.42. The number of thiocarbonyl (C=S) groups is 1. The minimum absolute atomic E-state index is 0.0482. The molecule has 2 atom stereocenters. The van der Waals surface area contributed by atoms with Crippen LogP contribution in [0.15, 0.2) is 65.2 Å². The molecule has 0 saturated carbocycles. The fourth-order valence-corrected chi connectivity index (χ4v) is 4.09. The summed E-state index contributed by atoms with van der Waals surface area (Å²) in [6.07, 6.45) is 1.76. The minimum Gasteiger partial charge on any atom is -0.459 e. The quantitative estimate of drug-likeness (QED) is 0.374. The first kappa shape index (κ1) is 19.1. The molecular weight excluding hydrogens is 388 g/mol. The molecule has 7 nitrogen and oxygen atoms in total. The Hall–Kier alpha value is -3.26. The molecule has 1 aliphatic heterocycles. The molecule has 2 aromatic heterocycles. The van der Waals surface area contributed by atoms with Crippen LogP contribution in [0, 0.1) is 10.1 Å². The van der Waals surface area contributed by atoms with Crippen LogP contribution in [0.5, 0.6) is 0 Å². The average Bonchev–Trinajstić information content (AvgIpc) is 3.33. The van der Waals surface area contributed by atoms with E-state index < -0.39 is 4.92 Å². The van der Waals surface area contributed by atoms with Crippen molar-refractivity contribution < 1.29 is 9.34 Å². The van der Waals surface area contributed by atoms with Gasteiger partial charge >= 0.3 is 0 Å². The van der Waals surface area contributed by atoms with Gasteiger partial charge in [0.25, 0.3) is 5.69 Å². The molecule has 0 amide bonds. The Kier molecular flexibility index (Phi) is 5.02. The maximum absolute atomic E-state index is 10.9. The third-order valence-electron chi connectivity index (χ3n) is 4.97. The summed E-state index contributed by atoms with van der Waals surface area (Å²) < 4.78 is 6.20. The molecule has 0 spiro atoms. The lowest BCUT2D eigenvalue weighted by atomic mass is 10.0. The number of nitro groups is 1. The van der Waals surface area contributed by atoms with Crippen LogP contribution < -0.4 is 5.32 Å². The molecule has 1 N–H and O–H groups in total. The first-order valence-electron chi connectivity index (χ1n) is 9.30. The van der Waals surface area contributed by atoms with Crippen LogP contribution in [0.4, 0.5) is 5.69 Å². The first-order chi connectivity index (χ1) is 14.0. The summed E-state index contributed by atoms with van der Waals surface area (Å²) in [6.45, 7) is 4.17. The number of benzene rings is 1. The third kappa shape index (κ3) is 3.58. The highest BCUT2D eigenvalue weighted by molar-refractivity contribution is 7.80. The van der Waals surface area contributed by atoms with Crippen molar-refractivity contribution >= 4 is 23.0 Å². The lowest BCUT2D eigenvalue weighted by Crippen LogP contribution is -2.35. The average molecular weight is 408 g/mol. The van der Waals surface area contributed by atoms with Gasteiger partial charge in [-0.15, -0.1) is 0 Å². The van der Waals surface area contributed by atoms with Crippen LogP contribution in [0.3, 0.4) is 0 Å². The van der Waals surface area contributed by atoms with Gasteiger partial charge in [-0.1, -0.05) is 6.07 Å². The Morgan fingerprint density at radius 1 is 1.17 bits per heavy atom. The molecule has 1 aromatic carbocycles. The van der Waals surface area contributed by atoms with Crippen LogP contribution >= 0.6 is 12.2 Å².